The SMILES string of the molecule is C[C@@H](NC(=O)CN1C(=O)c2ccccc2S1(=O)=O)c1ccc(S(C)(=O)=O)cc1. The molecular formula is C18H18N2O6S2. The maximum Gasteiger partial charge on any atom is 0.269 e. The van der Waals surface area contributed by atoms with Crippen LogP contribution in [0.4, 0.5) is 0 Å². The van der Waals surface area contributed by atoms with Gasteiger partial charge < -0.3 is 5.32 Å². The van der Waals surface area contributed by atoms with Crippen LogP contribution in [0.25, 0.3) is 0 Å². The highest BCUT2D eigenvalue weighted by Gasteiger charge is 2.41. The number of amides is 2. The van der Waals surface area contributed by atoms with Crippen molar-refractivity contribution in [2.24, 2.45) is 0 Å². The van der Waals surface area contributed by atoms with Crippen LogP contribution in [0.3, 0.4) is 0 Å². The molecule has 0 saturated heterocycles. The summed E-state index contributed by atoms with van der Waals surface area (Å²) < 4.78 is 48.5. The Bertz CT molecular complexity index is 1150. The van der Waals surface area contributed by atoms with Crippen molar-refractivity contribution in [3.8, 4) is 0 Å². The molecule has 2 amide bonds. The molecule has 1 aliphatic rings. The van der Waals surface area contributed by atoms with Gasteiger partial charge in [-0.3, -0.25) is 9.59 Å². The summed E-state index contributed by atoms with van der Waals surface area (Å²) in [5, 5.41) is 2.62. The van der Waals surface area contributed by atoms with E-state index >= 15 is 0 Å². The highest BCUT2D eigenvalue weighted by Crippen LogP contribution is 2.29. The van der Waals surface area contributed by atoms with Gasteiger partial charge in [-0.25, -0.2) is 21.1 Å². The number of sulfone groups is 1. The lowest BCUT2D eigenvalue weighted by atomic mass is 10.1. The van der Waals surface area contributed by atoms with Gasteiger partial charge in [-0.15, -0.1) is 0 Å². The Labute approximate surface area is 163 Å². The third-order valence-corrected chi connectivity index (χ3v) is 7.30. The lowest BCUT2D eigenvalue weighted by Gasteiger charge is -2.18. The molecule has 0 fully saturated rings. The predicted molar refractivity (Wildman–Crippen MR) is 101 cm³/mol. The van der Waals surface area contributed by atoms with E-state index in [2.05, 4.69) is 5.32 Å². The molecule has 10 heteroatoms. The molecule has 1 N–H and O–H groups in total. The second kappa shape index (κ2) is 7.02. The zero-order valence-electron chi connectivity index (χ0n) is 15.1. The predicted octanol–water partition coefficient (Wildman–Crippen LogP) is 1.11. The van der Waals surface area contributed by atoms with Gasteiger partial charge in [-0.1, -0.05) is 24.3 Å². The van der Waals surface area contributed by atoms with E-state index in [1.807, 2.05) is 0 Å². The Balaban J connectivity index is 1.72. The van der Waals surface area contributed by atoms with Crippen molar-refractivity contribution >= 4 is 31.7 Å². The van der Waals surface area contributed by atoms with Crippen molar-refractivity contribution in [3.05, 3.63) is 59.7 Å². The van der Waals surface area contributed by atoms with E-state index in [1.54, 1.807) is 25.1 Å². The van der Waals surface area contributed by atoms with Gasteiger partial charge in [0, 0.05) is 6.26 Å². The van der Waals surface area contributed by atoms with Crippen LogP contribution in [0.5, 0.6) is 0 Å². The molecule has 148 valence electrons. The monoisotopic (exact) mass is 422 g/mol. The molecular weight excluding hydrogens is 404 g/mol. The summed E-state index contributed by atoms with van der Waals surface area (Å²) >= 11 is 0. The average Bonchev–Trinajstić information content (AvgIpc) is 2.82. The Morgan fingerprint density at radius 3 is 2.29 bits per heavy atom. The molecule has 1 aliphatic heterocycles. The number of nitrogens with one attached hydrogen (secondary N) is 1. The van der Waals surface area contributed by atoms with Gasteiger partial charge in [-0.05, 0) is 36.8 Å². The van der Waals surface area contributed by atoms with Crippen LogP contribution in [0, 0.1) is 0 Å². The molecule has 0 aromatic heterocycles. The van der Waals surface area contributed by atoms with E-state index in [4.69, 9.17) is 0 Å². The third kappa shape index (κ3) is 3.65. The Morgan fingerprint density at radius 1 is 1.11 bits per heavy atom. The summed E-state index contributed by atoms with van der Waals surface area (Å²) in [7, 11) is -7.38. The fourth-order valence-corrected chi connectivity index (χ4v) is 5.05. The van der Waals surface area contributed by atoms with Crippen molar-refractivity contribution in [2.75, 3.05) is 12.8 Å². The van der Waals surface area contributed by atoms with Crippen LogP contribution in [0.2, 0.25) is 0 Å². The number of sulfonamides is 1. The normalized spacial score (nSPS) is 16.5. The summed E-state index contributed by atoms with van der Waals surface area (Å²) in [5.74, 6) is -1.39. The summed E-state index contributed by atoms with van der Waals surface area (Å²) in [6, 6.07) is 11.3. The highest BCUT2D eigenvalue weighted by atomic mass is 32.2. The van der Waals surface area contributed by atoms with Gasteiger partial charge in [0.05, 0.1) is 16.5 Å². The van der Waals surface area contributed by atoms with Crippen LogP contribution in [-0.4, -0.2) is 45.8 Å². The minimum Gasteiger partial charge on any atom is -0.348 e. The van der Waals surface area contributed by atoms with Crippen LogP contribution >= 0.6 is 0 Å². The average molecular weight is 422 g/mol. The summed E-state index contributed by atoms with van der Waals surface area (Å²) in [4.78, 5) is 24.7. The van der Waals surface area contributed by atoms with E-state index in [0.717, 1.165) is 6.26 Å². The number of nitrogens with zero attached hydrogens (tertiary/aromatic N) is 1. The summed E-state index contributed by atoms with van der Waals surface area (Å²) in [6.45, 7) is 1.03. The van der Waals surface area contributed by atoms with E-state index in [0.29, 0.717) is 9.87 Å². The van der Waals surface area contributed by atoms with Crippen LogP contribution < -0.4 is 5.32 Å². The number of hydrogen-bond acceptors (Lipinski definition) is 6. The largest absolute Gasteiger partial charge is 0.348 e. The summed E-state index contributed by atoms with van der Waals surface area (Å²) in [5.41, 5.74) is 0.680. The number of rotatable bonds is 5. The first-order chi connectivity index (χ1) is 13.0. The van der Waals surface area contributed by atoms with Gasteiger partial charge in [0.1, 0.15) is 11.4 Å². The zero-order valence-corrected chi connectivity index (χ0v) is 16.7. The number of carbonyl (C=O) groups excluding carboxylic acids is 2. The number of fused-ring (bicyclic) bond motifs is 1. The minimum absolute atomic E-state index is 0.0414. The Morgan fingerprint density at radius 2 is 1.71 bits per heavy atom. The van der Waals surface area contributed by atoms with Crippen molar-refractivity contribution in [2.45, 2.75) is 22.8 Å². The number of hydrogen-bond donors (Lipinski definition) is 1. The minimum atomic E-state index is -4.06. The molecule has 0 radical (unpaired) electrons. The third-order valence-electron chi connectivity index (χ3n) is 4.38. The first-order valence-electron chi connectivity index (χ1n) is 8.27. The lowest BCUT2D eigenvalue weighted by Crippen LogP contribution is -2.41. The summed E-state index contributed by atoms with van der Waals surface area (Å²) in [6.07, 6.45) is 1.10. The smallest absolute Gasteiger partial charge is 0.269 e. The van der Waals surface area contributed by atoms with E-state index in [9.17, 15) is 26.4 Å². The van der Waals surface area contributed by atoms with Gasteiger partial charge in [0.15, 0.2) is 9.84 Å². The standard InChI is InChI=1S/C18H18N2O6S2/c1-12(13-7-9-14(10-8-13)27(2,23)24)19-17(21)11-20-18(22)15-5-3-4-6-16(15)28(20,25)26/h3-10,12H,11H2,1-2H3,(H,19,21)/t12-/m1/s1. The maximum absolute atomic E-state index is 12.5. The van der Waals surface area contributed by atoms with Gasteiger partial charge in [-0.2, -0.15) is 0 Å². The molecule has 1 heterocycles. The Kier molecular flexibility index (Phi) is 5.02. The van der Waals surface area contributed by atoms with E-state index in [-0.39, 0.29) is 15.4 Å². The maximum atomic E-state index is 12.5. The molecule has 0 aliphatic carbocycles. The van der Waals surface area contributed by atoms with E-state index < -0.39 is 44.3 Å². The molecule has 0 bridgehead atoms. The topological polar surface area (TPSA) is 118 Å². The second-order valence-electron chi connectivity index (χ2n) is 6.44. The van der Waals surface area contributed by atoms with Gasteiger partial charge in [0.2, 0.25) is 5.91 Å². The fourth-order valence-electron chi connectivity index (χ4n) is 2.89. The quantitative estimate of drug-likeness (QED) is 0.771. The Hall–Kier alpha value is -2.72. The van der Waals surface area contributed by atoms with E-state index in [1.165, 1.54) is 30.3 Å². The molecule has 8 nitrogen and oxygen atoms in total. The van der Waals surface area contributed by atoms with Crippen LogP contribution in [0.15, 0.2) is 58.3 Å². The molecule has 1 atom stereocenters. The first-order valence-corrected chi connectivity index (χ1v) is 11.6. The van der Waals surface area contributed by atoms with Gasteiger partial charge in [0.25, 0.3) is 15.9 Å². The van der Waals surface area contributed by atoms with Crippen molar-refractivity contribution in [3.63, 3.8) is 0 Å². The van der Waals surface area contributed by atoms with Crippen molar-refractivity contribution < 1.29 is 26.4 Å². The van der Waals surface area contributed by atoms with Crippen LogP contribution in [-0.2, 0) is 24.7 Å². The molecule has 2 aromatic rings. The highest BCUT2D eigenvalue weighted by molar-refractivity contribution is 7.90. The molecule has 3 rings (SSSR count). The lowest BCUT2D eigenvalue weighted by molar-refractivity contribution is -0.121. The molecule has 0 saturated carbocycles. The zero-order chi connectivity index (χ0) is 20.7. The molecule has 0 spiro atoms. The first kappa shape index (κ1) is 20.0. The van der Waals surface area contributed by atoms with Gasteiger partial charge >= 0.3 is 0 Å². The van der Waals surface area contributed by atoms with Crippen LogP contribution in [0.1, 0.15) is 28.9 Å². The molecule has 0 unspecified atom stereocenters. The number of carbonyl (C=O) groups is 2. The van der Waals surface area contributed by atoms with Crippen molar-refractivity contribution in [1.82, 2.24) is 9.62 Å². The van der Waals surface area contributed by atoms with Crippen molar-refractivity contribution in [1.29, 1.82) is 0 Å². The fraction of sp³-hybridized carbons (Fsp3) is 0.222. The second-order valence-corrected chi connectivity index (χ2v) is 10.3. The molecule has 28 heavy (non-hydrogen) atoms. The number of benzene rings is 2. The molecule has 2 aromatic carbocycles.